The minimum Gasteiger partial charge on any atom is -0.350 e. The number of hydrogen-bond donors (Lipinski definition) is 2. The average Bonchev–Trinajstić information content (AvgIpc) is 3.10. The first-order valence-electron chi connectivity index (χ1n) is 7.75. The average molecular weight is 337 g/mol. The standard InChI is InChI=1S/C17H19ClFN3O/c1-21-8-2-4-15(21)16-5-3-9-22(16)11-17(23)20-14-7-6-12(19)10-13(14)18/h2,4,6-8,10,16H,3,5,9,11H2,1H3,(H,20,23)/p+1/t16-/m1/s1. The number of benzene rings is 1. The van der Waals surface area contributed by atoms with Crippen molar-refractivity contribution in [3.05, 3.63) is 53.1 Å². The summed E-state index contributed by atoms with van der Waals surface area (Å²) in [5.41, 5.74) is 1.71. The Morgan fingerprint density at radius 2 is 2.30 bits per heavy atom. The van der Waals surface area contributed by atoms with Crippen LogP contribution in [0.25, 0.3) is 0 Å². The van der Waals surface area contributed by atoms with Crippen LogP contribution in [0.15, 0.2) is 36.5 Å². The van der Waals surface area contributed by atoms with Gasteiger partial charge in [0.25, 0.3) is 5.91 Å². The summed E-state index contributed by atoms with van der Waals surface area (Å²) in [6, 6.07) is 8.46. The molecule has 1 saturated heterocycles. The molecule has 0 saturated carbocycles. The Labute approximate surface area is 139 Å². The molecule has 1 aliphatic heterocycles. The van der Waals surface area contributed by atoms with Gasteiger partial charge in [-0.25, -0.2) is 4.39 Å². The Morgan fingerprint density at radius 1 is 1.48 bits per heavy atom. The molecule has 6 heteroatoms. The lowest BCUT2D eigenvalue weighted by atomic mass is 10.1. The van der Waals surface area contributed by atoms with Crippen molar-refractivity contribution in [1.29, 1.82) is 0 Å². The van der Waals surface area contributed by atoms with Gasteiger partial charge in [0.2, 0.25) is 0 Å². The number of rotatable bonds is 4. The number of nitrogens with zero attached hydrogens (tertiary/aromatic N) is 1. The summed E-state index contributed by atoms with van der Waals surface area (Å²) in [6.07, 6.45) is 4.22. The largest absolute Gasteiger partial charge is 0.350 e. The van der Waals surface area contributed by atoms with Gasteiger partial charge in [-0.1, -0.05) is 11.6 Å². The predicted octanol–water partition coefficient (Wildman–Crippen LogP) is 2.18. The van der Waals surface area contributed by atoms with Crippen LogP contribution in [-0.2, 0) is 11.8 Å². The smallest absolute Gasteiger partial charge is 0.279 e. The predicted molar refractivity (Wildman–Crippen MR) is 88.1 cm³/mol. The molecule has 0 bridgehead atoms. The third kappa shape index (κ3) is 3.57. The molecule has 1 aromatic heterocycles. The maximum Gasteiger partial charge on any atom is 0.279 e. The quantitative estimate of drug-likeness (QED) is 0.882. The summed E-state index contributed by atoms with van der Waals surface area (Å²) in [7, 11) is 2.03. The molecule has 4 nitrogen and oxygen atoms in total. The fourth-order valence-electron chi connectivity index (χ4n) is 3.31. The van der Waals surface area contributed by atoms with E-state index in [1.165, 1.54) is 28.8 Å². The number of nitrogens with one attached hydrogen (secondary N) is 2. The lowest BCUT2D eigenvalue weighted by Crippen LogP contribution is -3.11. The number of aromatic nitrogens is 1. The molecule has 2 N–H and O–H groups in total. The van der Waals surface area contributed by atoms with E-state index in [2.05, 4.69) is 16.0 Å². The molecule has 2 atom stereocenters. The molecule has 1 amide bonds. The number of carbonyl (C=O) groups excluding carboxylic acids is 1. The zero-order valence-corrected chi connectivity index (χ0v) is 13.7. The van der Waals surface area contributed by atoms with E-state index in [1.54, 1.807) is 0 Å². The zero-order valence-electron chi connectivity index (χ0n) is 13.0. The summed E-state index contributed by atoms with van der Waals surface area (Å²) in [4.78, 5) is 13.6. The fourth-order valence-corrected chi connectivity index (χ4v) is 3.52. The van der Waals surface area contributed by atoms with E-state index in [9.17, 15) is 9.18 Å². The van der Waals surface area contributed by atoms with Crippen molar-refractivity contribution in [2.24, 2.45) is 7.05 Å². The van der Waals surface area contributed by atoms with Crippen molar-refractivity contribution in [2.45, 2.75) is 18.9 Å². The molecule has 1 aromatic carbocycles. The Balaban J connectivity index is 1.66. The SMILES string of the molecule is Cn1cccc1[C@H]1CCC[NH+]1CC(=O)Nc1ccc(F)cc1Cl. The molecule has 0 aliphatic carbocycles. The van der Waals surface area contributed by atoms with Crippen LogP contribution in [0.5, 0.6) is 0 Å². The third-order valence-electron chi connectivity index (χ3n) is 4.42. The third-order valence-corrected chi connectivity index (χ3v) is 4.73. The lowest BCUT2D eigenvalue weighted by Gasteiger charge is -2.21. The Bertz CT molecular complexity index is 716. The number of halogens is 2. The van der Waals surface area contributed by atoms with Crippen molar-refractivity contribution < 1.29 is 14.1 Å². The number of quaternary nitrogens is 1. The van der Waals surface area contributed by atoms with Gasteiger partial charge in [-0.15, -0.1) is 0 Å². The first-order chi connectivity index (χ1) is 11.0. The van der Waals surface area contributed by atoms with Gasteiger partial charge in [-0.2, -0.15) is 0 Å². The van der Waals surface area contributed by atoms with E-state index in [4.69, 9.17) is 11.6 Å². The molecule has 1 aliphatic rings. The molecule has 23 heavy (non-hydrogen) atoms. The summed E-state index contributed by atoms with van der Waals surface area (Å²) in [6.45, 7) is 1.35. The minimum absolute atomic E-state index is 0.102. The highest BCUT2D eigenvalue weighted by atomic mass is 35.5. The van der Waals surface area contributed by atoms with Crippen molar-refractivity contribution in [3.63, 3.8) is 0 Å². The van der Waals surface area contributed by atoms with E-state index in [0.717, 1.165) is 19.4 Å². The number of amides is 1. The highest BCUT2D eigenvalue weighted by Gasteiger charge is 2.33. The van der Waals surface area contributed by atoms with Crippen LogP contribution in [0.4, 0.5) is 10.1 Å². The molecule has 1 unspecified atom stereocenters. The van der Waals surface area contributed by atoms with Crippen molar-refractivity contribution in [1.82, 2.24) is 4.57 Å². The zero-order chi connectivity index (χ0) is 16.4. The van der Waals surface area contributed by atoms with Crippen molar-refractivity contribution in [3.8, 4) is 0 Å². The number of aryl methyl sites for hydroxylation is 1. The highest BCUT2D eigenvalue weighted by molar-refractivity contribution is 6.33. The van der Waals surface area contributed by atoms with Crippen LogP contribution < -0.4 is 10.2 Å². The minimum atomic E-state index is -0.415. The fraction of sp³-hybridized carbons (Fsp3) is 0.353. The second-order valence-corrected chi connectivity index (χ2v) is 6.40. The molecule has 3 rings (SSSR count). The van der Waals surface area contributed by atoms with Gasteiger partial charge < -0.3 is 14.8 Å². The first-order valence-corrected chi connectivity index (χ1v) is 8.13. The van der Waals surface area contributed by atoms with Gasteiger partial charge in [0.05, 0.1) is 22.9 Å². The van der Waals surface area contributed by atoms with Gasteiger partial charge >= 0.3 is 0 Å². The van der Waals surface area contributed by atoms with E-state index >= 15 is 0 Å². The number of hydrogen-bond acceptors (Lipinski definition) is 1. The summed E-state index contributed by atoms with van der Waals surface area (Å²) < 4.78 is 15.2. The van der Waals surface area contributed by atoms with Crippen LogP contribution in [0, 0.1) is 5.82 Å². The Kier molecular flexibility index (Phi) is 4.68. The van der Waals surface area contributed by atoms with Crippen molar-refractivity contribution >= 4 is 23.2 Å². The Morgan fingerprint density at radius 3 is 3.00 bits per heavy atom. The molecule has 2 aromatic rings. The topological polar surface area (TPSA) is 38.5 Å². The lowest BCUT2D eigenvalue weighted by molar-refractivity contribution is -0.910. The molecular weight excluding hydrogens is 317 g/mol. The monoisotopic (exact) mass is 336 g/mol. The molecule has 0 radical (unpaired) electrons. The maximum absolute atomic E-state index is 13.1. The molecule has 0 spiro atoms. The summed E-state index contributed by atoms with van der Waals surface area (Å²) in [5, 5.41) is 3.00. The maximum atomic E-state index is 13.1. The second-order valence-electron chi connectivity index (χ2n) is 6.00. The number of likely N-dealkylation sites (tertiary alicyclic amines) is 1. The molecule has 122 valence electrons. The van der Waals surface area contributed by atoms with Crippen LogP contribution in [0.1, 0.15) is 24.6 Å². The van der Waals surface area contributed by atoms with Crippen LogP contribution in [0.2, 0.25) is 5.02 Å². The Hall–Kier alpha value is -1.85. The van der Waals surface area contributed by atoms with Crippen molar-refractivity contribution in [2.75, 3.05) is 18.4 Å². The van der Waals surface area contributed by atoms with Gasteiger partial charge in [0.1, 0.15) is 11.9 Å². The van der Waals surface area contributed by atoms with E-state index in [1.807, 2.05) is 19.3 Å². The van der Waals surface area contributed by atoms with Crippen LogP contribution in [-0.4, -0.2) is 23.6 Å². The van der Waals surface area contributed by atoms with Crippen LogP contribution >= 0.6 is 11.6 Å². The normalized spacial score (nSPS) is 20.7. The number of anilines is 1. The van der Waals surface area contributed by atoms with Gasteiger partial charge in [-0.05, 0) is 30.3 Å². The summed E-state index contributed by atoms with van der Waals surface area (Å²) in [5.74, 6) is -0.517. The van der Waals surface area contributed by atoms with Gasteiger partial charge in [-0.3, -0.25) is 4.79 Å². The first kappa shape index (κ1) is 16.0. The second kappa shape index (κ2) is 6.72. The highest BCUT2D eigenvalue weighted by Crippen LogP contribution is 2.22. The molecule has 1 fully saturated rings. The van der Waals surface area contributed by atoms with Gasteiger partial charge in [0.15, 0.2) is 6.54 Å². The van der Waals surface area contributed by atoms with E-state index in [0.29, 0.717) is 18.3 Å². The molecular formula is C17H20ClFN3O+. The van der Waals surface area contributed by atoms with E-state index in [-0.39, 0.29) is 10.9 Å². The van der Waals surface area contributed by atoms with Gasteiger partial charge in [0, 0.05) is 26.1 Å². The summed E-state index contributed by atoms with van der Waals surface area (Å²) >= 11 is 5.96. The number of carbonyl (C=O) groups is 1. The molecule has 2 heterocycles. The van der Waals surface area contributed by atoms with E-state index < -0.39 is 5.82 Å². The van der Waals surface area contributed by atoms with Crippen LogP contribution in [0.3, 0.4) is 0 Å².